The van der Waals surface area contributed by atoms with Gasteiger partial charge in [0, 0.05) is 19.1 Å². The molecule has 9 heteroatoms. The van der Waals surface area contributed by atoms with Crippen molar-refractivity contribution in [3.05, 3.63) is 22.7 Å². The molecule has 1 fully saturated rings. The van der Waals surface area contributed by atoms with Crippen molar-refractivity contribution in [2.45, 2.75) is 30.7 Å². The lowest BCUT2D eigenvalue weighted by Crippen LogP contribution is -2.49. The number of carbonyl (C=O) groups excluding carboxylic acids is 1. The average Bonchev–Trinajstić information content (AvgIpc) is 2.55. The van der Waals surface area contributed by atoms with E-state index in [1.54, 1.807) is 13.0 Å². The summed E-state index contributed by atoms with van der Waals surface area (Å²) in [5.41, 5.74) is 0. The zero-order chi connectivity index (χ0) is 17.7. The molecule has 1 N–H and O–H groups in total. The third kappa shape index (κ3) is 4.40. The summed E-state index contributed by atoms with van der Waals surface area (Å²) in [6.07, 6.45) is 0.874. The second-order valence-corrected chi connectivity index (χ2v) is 8.16. The molecule has 0 bridgehead atoms. The third-order valence-electron chi connectivity index (χ3n) is 3.74. The highest BCUT2D eigenvalue weighted by Gasteiger charge is 2.31. The van der Waals surface area contributed by atoms with Crippen LogP contribution in [0.4, 0.5) is 4.79 Å². The first kappa shape index (κ1) is 19.0. The minimum absolute atomic E-state index is 0.187. The number of carbonyl (C=O) groups is 1. The number of benzene rings is 1. The van der Waals surface area contributed by atoms with Gasteiger partial charge in [-0.05, 0) is 53.9 Å². The summed E-state index contributed by atoms with van der Waals surface area (Å²) in [5, 5.41) is 2.71. The standard InChI is InChI=1S/C15H21BrN2O5S/c1-3-23-15(19)17-11-5-4-8-18(10-11)24(20,21)12-6-7-14(22-2)13(16)9-12/h6-7,9,11H,3-5,8,10H2,1-2H3,(H,17,19). The molecule has 0 radical (unpaired) electrons. The van der Waals surface area contributed by atoms with Gasteiger partial charge in [-0.2, -0.15) is 4.31 Å². The highest BCUT2D eigenvalue weighted by molar-refractivity contribution is 9.10. The largest absolute Gasteiger partial charge is 0.496 e. The van der Waals surface area contributed by atoms with E-state index >= 15 is 0 Å². The molecule has 0 spiro atoms. The molecule has 0 aromatic heterocycles. The Morgan fingerprint density at radius 3 is 2.83 bits per heavy atom. The van der Waals surface area contributed by atoms with Crippen LogP contribution in [0.3, 0.4) is 0 Å². The minimum atomic E-state index is -3.63. The molecular formula is C15H21BrN2O5S. The lowest BCUT2D eigenvalue weighted by Gasteiger charge is -2.32. The van der Waals surface area contributed by atoms with Crippen LogP contribution in [0, 0.1) is 0 Å². The molecule has 1 aromatic rings. The molecule has 0 saturated carbocycles. The van der Waals surface area contributed by atoms with Crippen molar-refractivity contribution < 1.29 is 22.7 Å². The molecule has 1 atom stereocenters. The Morgan fingerprint density at radius 2 is 2.21 bits per heavy atom. The molecule has 1 aromatic carbocycles. The van der Waals surface area contributed by atoms with Gasteiger partial charge in [-0.1, -0.05) is 0 Å². The number of alkyl carbamates (subject to hydrolysis) is 1. The second kappa shape index (κ2) is 8.17. The number of amides is 1. The molecule has 1 aliphatic heterocycles. The van der Waals surface area contributed by atoms with Gasteiger partial charge in [0.25, 0.3) is 0 Å². The maximum absolute atomic E-state index is 12.8. The van der Waals surface area contributed by atoms with Crippen LogP contribution in [-0.2, 0) is 14.8 Å². The van der Waals surface area contributed by atoms with E-state index in [0.29, 0.717) is 23.2 Å². The van der Waals surface area contributed by atoms with Crippen molar-refractivity contribution in [2.75, 3.05) is 26.8 Å². The number of piperidine rings is 1. The number of sulfonamides is 1. The molecule has 1 heterocycles. The Balaban J connectivity index is 2.13. The van der Waals surface area contributed by atoms with Crippen LogP contribution in [0.15, 0.2) is 27.6 Å². The SMILES string of the molecule is CCOC(=O)NC1CCCN(S(=O)(=O)c2ccc(OC)c(Br)c2)C1. The number of nitrogens with one attached hydrogen (secondary N) is 1. The Bertz CT molecular complexity index is 695. The molecule has 1 amide bonds. The second-order valence-electron chi connectivity index (χ2n) is 5.36. The first-order valence-corrected chi connectivity index (χ1v) is 9.88. The summed E-state index contributed by atoms with van der Waals surface area (Å²) in [6.45, 7) is 2.65. The molecule has 1 saturated heterocycles. The number of hydrogen-bond acceptors (Lipinski definition) is 5. The molecule has 134 valence electrons. The summed E-state index contributed by atoms with van der Waals surface area (Å²) in [4.78, 5) is 11.7. The lowest BCUT2D eigenvalue weighted by atomic mass is 10.1. The van der Waals surface area contributed by atoms with Crippen LogP contribution >= 0.6 is 15.9 Å². The van der Waals surface area contributed by atoms with Crippen LogP contribution in [0.2, 0.25) is 0 Å². The minimum Gasteiger partial charge on any atom is -0.496 e. The summed E-state index contributed by atoms with van der Waals surface area (Å²) < 4.78 is 37.6. The van der Waals surface area contributed by atoms with Gasteiger partial charge in [0.1, 0.15) is 5.75 Å². The summed E-state index contributed by atoms with van der Waals surface area (Å²) in [5.74, 6) is 0.564. The predicted octanol–water partition coefficient (Wildman–Crippen LogP) is 2.36. The van der Waals surface area contributed by atoms with E-state index in [1.165, 1.54) is 23.5 Å². The summed E-state index contributed by atoms with van der Waals surface area (Å²) in [7, 11) is -2.12. The van der Waals surface area contributed by atoms with Crippen molar-refractivity contribution in [1.82, 2.24) is 9.62 Å². The van der Waals surface area contributed by atoms with Gasteiger partial charge in [0.2, 0.25) is 10.0 Å². The zero-order valence-electron chi connectivity index (χ0n) is 13.6. The normalized spacial score (nSPS) is 18.9. The fraction of sp³-hybridized carbons (Fsp3) is 0.533. The van der Waals surface area contributed by atoms with Gasteiger partial charge in [-0.25, -0.2) is 13.2 Å². The number of ether oxygens (including phenoxy) is 2. The van der Waals surface area contributed by atoms with Crippen LogP contribution in [-0.4, -0.2) is 51.7 Å². The first-order valence-electron chi connectivity index (χ1n) is 7.65. The highest BCUT2D eigenvalue weighted by atomic mass is 79.9. The van der Waals surface area contributed by atoms with Gasteiger partial charge in [0.15, 0.2) is 0 Å². The van der Waals surface area contributed by atoms with Crippen molar-refractivity contribution in [2.24, 2.45) is 0 Å². The van der Waals surface area contributed by atoms with Gasteiger partial charge in [0.05, 0.1) is 23.1 Å². The van der Waals surface area contributed by atoms with Crippen molar-refractivity contribution >= 4 is 32.0 Å². The summed E-state index contributed by atoms with van der Waals surface area (Å²) >= 11 is 3.30. The van der Waals surface area contributed by atoms with Crippen LogP contribution < -0.4 is 10.1 Å². The van der Waals surface area contributed by atoms with Gasteiger partial charge < -0.3 is 14.8 Å². The quantitative estimate of drug-likeness (QED) is 0.789. The summed E-state index contributed by atoms with van der Waals surface area (Å²) in [6, 6.07) is 4.39. The van der Waals surface area contributed by atoms with E-state index in [2.05, 4.69) is 21.2 Å². The molecule has 7 nitrogen and oxygen atoms in total. The van der Waals surface area contributed by atoms with Crippen molar-refractivity contribution in [3.63, 3.8) is 0 Å². The Morgan fingerprint density at radius 1 is 1.46 bits per heavy atom. The van der Waals surface area contributed by atoms with Crippen LogP contribution in [0.1, 0.15) is 19.8 Å². The third-order valence-corrected chi connectivity index (χ3v) is 6.22. The predicted molar refractivity (Wildman–Crippen MR) is 92.6 cm³/mol. The monoisotopic (exact) mass is 420 g/mol. The maximum Gasteiger partial charge on any atom is 0.407 e. The molecule has 1 aliphatic rings. The molecule has 1 unspecified atom stereocenters. The van der Waals surface area contributed by atoms with E-state index in [0.717, 1.165) is 6.42 Å². The molecule has 24 heavy (non-hydrogen) atoms. The highest BCUT2D eigenvalue weighted by Crippen LogP contribution is 2.29. The number of nitrogens with zero attached hydrogens (tertiary/aromatic N) is 1. The maximum atomic E-state index is 12.8. The van der Waals surface area contributed by atoms with E-state index < -0.39 is 16.1 Å². The number of hydrogen-bond donors (Lipinski definition) is 1. The van der Waals surface area contributed by atoms with Crippen molar-refractivity contribution in [3.8, 4) is 5.75 Å². The fourth-order valence-electron chi connectivity index (χ4n) is 2.57. The average molecular weight is 421 g/mol. The number of methoxy groups -OCH3 is 1. The Hall–Kier alpha value is -1.32. The van der Waals surface area contributed by atoms with Crippen LogP contribution in [0.5, 0.6) is 5.75 Å². The smallest absolute Gasteiger partial charge is 0.407 e. The zero-order valence-corrected chi connectivity index (χ0v) is 16.0. The van der Waals surface area contributed by atoms with E-state index in [4.69, 9.17) is 9.47 Å². The topological polar surface area (TPSA) is 84.9 Å². The molecular weight excluding hydrogens is 400 g/mol. The first-order chi connectivity index (χ1) is 11.4. The van der Waals surface area contributed by atoms with E-state index in [1.807, 2.05) is 0 Å². The fourth-order valence-corrected chi connectivity index (χ4v) is 4.82. The number of rotatable bonds is 5. The number of halogens is 1. The lowest BCUT2D eigenvalue weighted by molar-refractivity contribution is 0.142. The Kier molecular flexibility index (Phi) is 6.47. The van der Waals surface area contributed by atoms with Gasteiger partial charge in [-0.3, -0.25) is 0 Å². The van der Waals surface area contributed by atoms with Gasteiger partial charge >= 0.3 is 6.09 Å². The molecule has 2 rings (SSSR count). The van der Waals surface area contributed by atoms with Gasteiger partial charge in [-0.15, -0.1) is 0 Å². The van der Waals surface area contributed by atoms with Crippen LogP contribution in [0.25, 0.3) is 0 Å². The van der Waals surface area contributed by atoms with E-state index in [9.17, 15) is 13.2 Å². The van der Waals surface area contributed by atoms with Crippen molar-refractivity contribution in [1.29, 1.82) is 0 Å². The molecule has 0 aliphatic carbocycles. The van der Waals surface area contributed by atoms with E-state index in [-0.39, 0.29) is 24.1 Å². The Labute approximate surface area is 150 Å².